The Hall–Kier alpha value is -2.51. The van der Waals surface area contributed by atoms with Crippen LogP contribution in [0.4, 0.5) is 0 Å². The summed E-state index contributed by atoms with van der Waals surface area (Å²) in [6, 6.07) is 7.83. The number of nitrogens with zero attached hydrogens (tertiary/aromatic N) is 3. The highest BCUT2D eigenvalue weighted by Crippen LogP contribution is 2.34. The fourth-order valence-corrected chi connectivity index (χ4v) is 3.87. The summed E-state index contributed by atoms with van der Waals surface area (Å²) < 4.78 is 11.3. The maximum Gasteiger partial charge on any atom is 0.250 e. The number of para-hydroxylation sites is 1. The van der Waals surface area contributed by atoms with Crippen LogP contribution in [-0.2, 0) is 12.1 Å². The highest BCUT2D eigenvalue weighted by Gasteiger charge is 2.35. The van der Waals surface area contributed by atoms with Crippen LogP contribution in [0.1, 0.15) is 53.7 Å². The van der Waals surface area contributed by atoms with Crippen molar-refractivity contribution < 1.29 is 9.26 Å². The van der Waals surface area contributed by atoms with Gasteiger partial charge in [0, 0.05) is 17.0 Å². The zero-order chi connectivity index (χ0) is 18.7. The lowest BCUT2D eigenvalue weighted by molar-refractivity contribution is 0.301. The van der Waals surface area contributed by atoms with Gasteiger partial charge in [-0.1, -0.05) is 36.2 Å². The van der Waals surface area contributed by atoms with Gasteiger partial charge in [-0.25, -0.2) is 4.98 Å². The standard InChI is InChI=1S/C20H22N4O2S/c1-14-22-16(13-27-14)12-25-17-7-3-2-6-15(17)8-9-18-23-19(24-26-18)20(21)10-4-5-11-20/h2-3,6-9,13H,4-5,10-12,21H2,1H3/b9-8+. The van der Waals surface area contributed by atoms with Crippen LogP contribution in [0.2, 0.25) is 0 Å². The average molecular weight is 382 g/mol. The molecule has 3 aromatic rings. The lowest BCUT2D eigenvalue weighted by Gasteiger charge is -2.17. The molecule has 0 amide bonds. The molecule has 0 unspecified atom stereocenters. The summed E-state index contributed by atoms with van der Waals surface area (Å²) in [4.78, 5) is 8.89. The summed E-state index contributed by atoms with van der Waals surface area (Å²) in [5, 5.41) is 7.13. The molecule has 1 aromatic carbocycles. The van der Waals surface area contributed by atoms with E-state index in [1.54, 1.807) is 17.4 Å². The summed E-state index contributed by atoms with van der Waals surface area (Å²) in [5.41, 5.74) is 7.82. The Kier molecular flexibility index (Phi) is 5.05. The van der Waals surface area contributed by atoms with E-state index in [4.69, 9.17) is 15.0 Å². The van der Waals surface area contributed by atoms with E-state index >= 15 is 0 Å². The molecule has 7 heteroatoms. The molecule has 27 heavy (non-hydrogen) atoms. The van der Waals surface area contributed by atoms with Crippen molar-refractivity contribution in [1.82, 2.24) is 15.1 Å². The van der Waals surface area contributed by atoms with Gasteiger partial charge in [0.25, 0.3) is 5.89 Å². The van der Waals surface area contributed by atoms with E-state index in [1.807, 2.05) is 42.6 Å². The van der Waals surface area contributed by atoms with E-state index in [9.17, 15) is 0 Å². The van der Waals surface area contributed by atoms with Gasteiger partial charge in [0.2, 0.25) is 0 Å². The highest BCUT2D eigenvalue weighted by molar-refractivity contribution is 7.09. The fraction of sp³-hybridized carbons (Fsp3) is 0.350. The Bertz CT molecular complexity index is 941. The Morgan fingerprint density at radius 3 is 2.81 bits per heavy atom. The molecule has 0 saturated heterocycles. The Morgan fingerprint density at radius 1 is 1.22 bits per heavy atom. The second-order valence-corrected chi connectivity index (χ2v) is 7.90. The highest BCUT2D eigenvalue weighted by atomic mass is 32.1. The van der Waals surface area contributed by atoms with Crippen molar-refractivity contribution in [3.05, 3.63) is 57.6 Å². The van der Waals surface area contributed by atoms with E-state index in [-0.39, 0.29) is 0 Å². The first-order valence-corrected chi connectivity index (χ1v) is 9.94. The predicted octanol–water partition coefficient (Wildman–Crippen LogP) is 4.31. The molecule has 6 nitrogen and oxygen atoms in total. The number of hydrogen-bond donors (Lipinski definition) is 1. The van der Waals surface area contributed by atoms with Gasteiger partial charge in [0.15, 0.2) is 5.82 Å². The van der Waals surface area contributed by atoms with Crippen molar-refractivity contribution in [3.8, 4) is 5.75 Å². The number of hydrogen-bond acceptors (Lipinski definition) is 7. The van der Waals surface area contributed by atoms with Crippen molar-refractivity contribution in [2.24, 2.45) is 5.73 Å². The first-order chi connectivity index (χ1) is 13.1. The van der Waals surface area contributed by atoms with Crippen LogP contribution in [0, 0.1) is 6.92 Å². The number of benzene rings is 1. The summed E-state index contributed by atoms with van der Waals surface area (Å²) >= 11 is 1.62. The second-order valence-electron chi connectivity index (χ2n) is 6.84. The van der Waals surface area contributed by atoms with Gasteiger partial charge in [-0.15, -0.1) is 11.3 Å². The van der Waals surface area contributed by atoms with Crippen LogP contribution in [0.5, 0.6) is 5.75 Å². The summed E-state index contributed by atoms with van der Waals surface area (Å²) in [5.74, 6) is 1.83. The van der Waals surface area contributed by atoms with E-state index in [1.165, 1.54) is 0 Å². The molecule has 1 fully saturated rings. The van der Waals surface area contributed by atoms with Gasteiger partial charge in [-0.3, -0.25) is 0 Å². The van der Waals surface area contributed by atoms with E-state index in [2.05, 4.69) is 15.1 Å². The molecule has 1 aliphatic carbocycles. The van der Waals surface area contributed by atoms with Crippen LogP contribution in [0.15, 0.2) is 34.2 Å². The third-order valence-electron chi connectivity index (χ3n) is 4.75. The fourth-order valence-electron chi connectivity index (χ4n) is 3.27. The van der Waals surface area contributed by atoms with Crippen molar-refractivity contribution in [2.75, 3.05) is 0 Å². The lowest BCUT2D eigenvalue weighted by Crippen LogP contribution is -2.34. The molecule has 0 radical (unpaired) electrons. The molecule has 1 saturated carbocycles. The Morgan fingerprint density at radius 2 is 2.04 bits per heavy atom. The van der Waals surface area contributed by atoms with E-state index < -0.39 is 5.54 Å². The quantitative estimate of drug-likeness (QED) is 0.683. The van der Waals surface area contributed by atoms with Gasteiger partial charge in [0.05, 0.1) is 16.2 Å². The molecule has 0 aliphatic heterocycles. The third kappa shape index (κ3) is 4.09. The predicted molar refractivity (Wildman–Crippen MR) is 105 cm³/mol. The van der Waals surface area contributed by atoms with Crippen LogP contribution >= 0.6 is 11.3 Å². The van der Waals surface area contributed by atoms with E-state index in [0.717, 1.165) is 47.7 Å². The summed E-state index contributed by atoms with van der Waals surface area (Å²) in [6.07, 6.45) is 7.74. The van der Waals surface area contributed by atoms with E-state index in [0.29, 0.717) is 18.3 Å². The molecular formula is C20H22N4O2S. The molecule has 0 bridgehead atoms. The van der Waals surface area contributed by atoms with Crippen LogP contribution in [0.3, 0.4) is 0 Å². The van der Waals surface area contributed by atoms with Crippen molar-refractivity contribution in [2.45, 2.75) is 44.8 Å². The number of nitrogens with two attached hydrogens (primary N) is 1. The second kappa shape index (κ2) is 7.62. The zero-order valence-electron chi connectivity index (χ0n) is 15.2. The number of aromatic nitrogens is 3. The third-order valence-corrected chi connectivity index (χ3v) is 5.57. The normalized spacial score (nSPS) is 16.2. The number of aryl methyl sites for hydroxylation is 1. The molecule has 1 aliphatic rings. The van der Waals surface area contributed by atoms with Gasteiger partial charge in [-0.05, 0) is 31.9 Å². The van der Waals surface area contributed by atoms with Crippen molar-refractivity contribution in [1.29, 1.82) is 0 Å². The topological polar surface area (TPSA) is 87.1 Å². The Balaban J connectivity index is 1.47. The monoisotopic (exact) mass is 382 g/mol. The van der Waals surface area contributed by atoms with Gasteiger partial charge >= 0.3 is 0 Å². The van der Waals surface area contributed by atoms with Crippen LogP contribution in [-0.4, -0.2) is 15.1 Å². The molecule has 0 atom stereocenters. The number of ether oxygens (including phenoxy) is 1. The number of rotatable bonds is 6. The molecule has 2 N–H and O–H groups in total. The minimum Gasteiger partial charge on any atom is -0.487 e. The van der Waals surface area contributed by atoms with Crippen molar-refractivity contribution >= 4 is 23.5 Å². The SMILES string of the molecule is Cc1nc(COc2ccccc2/C=C/c2nc(C3(N)CCCC3)no2)cs1. The first-order valence-electron chi connectivity index (χ1n) is 9.06. The molecule has 2 aromatic heterocycles. The van der Waals surface area contributed by atoms with Crippen molar-refractivity contribution in [3.63, 3.8) is 0 Å². The lowest BCUT2D eigenvalue weighted by atomic mass is 9.99. The molecule has 0 spiro atoms. The minimum atomic E-state index is -0.442. The van der Waals surface area contributed by atoms with Gasteiger partial charge in [0.1, 0.15) is 12.4 Å². The number of thiazole rings is 1. The minimum absolute atomic E-state index is 0.440. The van der Waals surface area contributed by atoms with Crippen LogP contribution in [0.25, 0.3) is 12.2 Å². The van der Waals surface area contributed by atoms with Crippen LogP contribution < -0.4 is 10.5 Å². The van der Waals surface area contributed by atoms with Gasteiger partial charge < -0.3 is 15.0 Å². The maximum absolute atomic E-state index is 6.39. The average Bonchev–Trinajstić information content (AvgIpc) is 3.41. The van der Waals surface area contributed by atoms with Gasteiger partial charge in [-0.2, -0.15) is 4.98 Å². The molecule has 4 rings (SSSR count). The maximum atomic E-state index is 6.39. The zero-order valence-corrected chi connectivity index (χ0v) is 16.0. The summed E-state index contributed by atoms with van der Waals surface area (Å²) in [7, 11) is 0. The molecule has 140 valence electrons. The molecular weight excluding hydrogens is 360 g/mol. The summed E-state index contributed by atoms with van der Waals surface area (Å²) in [6.45, 7) is 2.43. The molecule has 2 heterocycles. The smallest absolute Gasteiger partial charge is 0.250 e. The largest absolute Gasteiger partial charge is 0.487 e. The first kappa shape index (κ1) is 17.9. The Labute approximate surface area is 162 Å².